The molecule has 1 N–H and O–H groups in total. The van der Waals surface area contributed by atoms with Gasteiger partial charge in [0.05, 0.1) is 16.7 Å². The van der Waals surface area contributed by atoms with Gasteiger partial charge in [-0.15, -0.1) is 0 Å². The van der Waals surface area contributed by atoms with Gasteiger partial charge in [0.1, 0.15) is 11.7 Å². The van der Waals surface area contributed by atoms with Crippen LogP contribution < -0.4 is 5.32 Å². The van der Waals surface area contributed by atoms with E-state index in [2.05, 4.69) is 204 Å². The zero-order valence-electron chi connectivity index (χ0n) is 30.0. The Labute approximate surface area is 320 Å². The smallest absolute Gasteiger partial charge is 0.171 e. The predicted octanol–water partition coefficient (Wildman–Crippen LogP) is 12.3. The van der Waals surface area contributed by atoms with Crippen LogP contribution >= 0.6 is 0 Å². The summed E-state index contributed by atoms with van der Waals surface area (Å²) < 4.78 is 2.42. The Bertz CT molecular complexity index is 2860. The van der Waals surface area contributed by atoms with E-state index in [9.17, 15) is 0 Å². The number of nitrogens with one attached hydrogen (secondary N) is 1. The molecule has 0 amide bonds. The van der Waals surface area contributed by atoms with Gasteiger partial charge in [0.15, 0.2) is 6.17 Å². The normalized spacial score (nSPS) is 14.0. The first-order valence-corrected chi connectivity index (χ1v) is 18.7. The molecule has 4 heteroatoms. The van der Waals surface area contributed by atoms with Gasteiger partial charge in [-0.05, 0) is 51.6 Å². The van der Waals surface area contributed by atoms with Crippen molar-refractivity contribution in [2.24, 2.45) is 9.98 Å². The largest absolute Gasteiger partial charge is 0.324 e. The summed E-state index contributed by atoms with van der Waals surface area (Å²) in [7, 11) is 0. The summed E-state index contributed by atoms with van der Waals surface area (Å²) in [6.07, 6.45) is -0.520. The highest BCUT2D eigenvalue weighted by molar-refractivity contribution is 6.17. The Morgan fingerprint density at radius 3 is 1.51 bits per heavy atom. The molecule has 0 bridgehead atoms. The lowest BCUT2D eigenvalue weighted by atomic mass is 9.99. The molecule has 1 aliphatic rings. The number of para-hydroxylation sites is 1. The van der Waals surface area contributed by atoms with Crippen molar-refractivity contribution in [3.05, 3.63) is 223 Å². The van der Waals surface area contributed by atoms with Gasteiger partial charge < -0.3 is 9.88 Å². The molecule has 0 saturated heterocycles. The molecule has 8 aromatic carbocycles. The minimum absolute atomic E-state index is 0.520. The SMILES string of the molecule is c1ccc(C2=NC(c3ccc(-c4ccccc4)cc3-n3c4ccccc4c4c(-c5ccccc5)cccc43)N=C(c3ccc(-c4ccccc4)cc3)N2)cc1. The number of hydrogen-bond acceptors (Lipinski definition) is 3. The van der Waals surface area contributed by atoms with Crippen molar-refractivity contribution in [1.82, 2.24) is 9.88 Å². The number of amidine groups is 2. The Hall–Kier alpha value is -7.30. The second-order valence-electron chi connectivity index (χ2n) is 13.8. The molecule has 1 unspecified atom stereocenters. The molecule has 0 aliphatic carbocycles. The molecule has 55 heavy (non-hydrogen) atoms. The van der Waals surface area contributed by atoms with Crippen molar-refractivity contribution in [2.45, 2.75) is 6.17 Å². The highest BCUT2D eigenvalue weighted by Gasteiger charge is 2.26. The summed E-state index contributed by atoms with van der Waals surface area (Å²) in [6, 6.07) is 72.9. The van der Waals surface area contributed by atoms with Crippen molar-refractivity contribution in [1.29, 1.82) is 0 Å². The number of benzene rings is 8. The number of fused-ring (bicyclic) bond motifs is 3. The molecular formula is C51H36N4. The Morgan fingerprint density at radius 1 is 0.382 bits per heavy atom. The maximum absolute atomic E-state index is 5.40. The lowest BCUT2D eigenvalue weighted by Gasteiger charge is -2.25. The standard InChI is InChI=1S/C51H36N4/c1-5-16-35(17-6-1)37-28-30-40(31-29-37)50-52-49(39-22-11-4-12-23-39)53-51(54-50)44-33-32-41(36-18-7-2-8-19-36)34-47(44)55-45-26-14-13-24-43(45)48-42(25-15-27-46(48)55)38-20-9-3-10-21-38/h1-34,51H,(H,52,53,54). The fraction of sp³-hybridized carbons (Fsp3) is 0.0196. The molecule has 2 heterocycles. The van der Waals surface area contributed by atoms with Crippen LogP contribution in [0.5, 0.6) is 0 Å². The van der Waals surface area contributed by atoms with E-state index in [1.807, 2.05) is 12.1 Å². The number of hydrogen-bond donors (Lipinski definition) is 1. The van der Waals surface area contributed by atoms with E-state index in [4.69, 9.17) is 9.98 Å². The van der Waals surface area contributed by atoms with Crippen LogP contribution in [0, 0.1) is 0 Å². The second-order valence-corrected chi connectivity index (χ2v) is 13.8. The molecular weight excluding hydrogens is 669 g/mol. The Balaban J connectivity index is 1.21. The van der Waals surface area contributed by atoms with Gasteiger partial charge in [-0.2, -0.15) is 0 Å². The van der Waals surface area contributed by atoms with Crippen LogP contribution in [-0.2, 0) is 0 Å². The van der Waals surface area contributed by atoms with Crippen LogP contribution in [0.15, 0.2) is 216 Å². The summed E-state index contributed by atoms with van der Waals surface area (Å²) in [6.45, 7) is 0. The molecule has 1 aromatic heterocycles. The van der Waals surface area contributed by atoms with Crippen LogP contribution in [0.1, 0.15) is 22.9 Å². The molecule has 10 rings (SSSR count). The van der Waals surface area contributed by atoms with Crippen LogP contribution in [0.3, 0.4) is 0 Å². The van der Waals surface area contributed by atoms with Gasteiger partial charge in [-0.25, -0.2) is 9.98 Å². The Kier molecular flexibility index (Phi) is 8.19. The van der Waals surface area contributed by atoms with E-state index in [1.54, 1.807) is 0 Å². The highest BCUT2D eigenvalue weighted by Crippen LogP contribution is 2.41. The zero-order chi connectivity index (χ0) is 36.6. The summed E-state index contributed by atoms with van der Waals surface area (Å²) >= 11 is 0. The quantitative estimate of drug-likeness (QED) is 0.176. The third kappa shape index (κ3) is 6.00. The van der Waals surface area contributed by atoms with Crippen LogP contribution in [0.25, 0.3) is 60.9 Å². The fourth-order valence-electron chi connectivity index (χ4n) is 7.83. The minimum atomic E-state index is -0.520. The van der Waals surface area contributed by atoms with Crippen molar-refractivity contribution in [2.75, 3.05) is 0 Å². The molecule has 4 nitrogen and oxygen atoms in total. The van der Waals surface area contributed by atoms with Gasteiger partial charge in [0, 0.05) is 27.5 Å². The van der Waals surface area contributed by atoms with Crippen molar-refractivity contribution >= 4 is 33.5 Å². The third-order valence-electron chi connectivity index (χ3n) is 10.5. The maximum Gasteiger partial charge on any atom is 0.171 e. The lowest BCUT2D eigenvalue weighted by Crippen LogP contribution is -2.36. The average Bonchev–Trinajstić information content (AvgIpc) is 3.62. The molecule has 0 spiro atoms. The van der Waals surface area contributed by atoms with Gasteiger partial charge in [0.2, 0.25) is 0 Å². The van der Waals surface area contributed by atoms with Crippen LogP contribution in [0.4, 0.5) is 0 Å². The lowest BCUT2D eigenvalue weighted by molar-refractivity contribution is 0.750. The first-order chi connectivity index (χ1) is 27.3. The first-order valence-electron chi connectivity index (χ1n) is 18.7. The number of rotatable bonds is 7. The van der Waals surface area contributed by atoms with Crippen LogP contribution in [-0.4, -0.2) is 16.2 Å². The van der Waals surface area contributed by atoms with E-state index in [-0.39, 0.29) is 0 Å². The number of aliphatic imine (C=N–C) groups is 2. The first kappa shape index (κ1) is 32.4. The molecule has 260 valence electrons. The molecule has 0 radical (unpaired) electrons. The van der Waals surface area contributed by atoms with Gasteiger partial charge in [0.25, 0.3) is 0 Å². The summed E-state index contributed by atoms with van der Waals surface area (Å²) in [5.41, 5.74) is 13.4. The van der Waals surface area contributed by atoms with Gasteiger partial charge >= 0.3 is 0 Å². The van der Waals surface area contributed by atoms with E-state index in [0.717, 1.165) is 61.8 Å². The van der Waals surface area contributed by atoms with Crippen molar-refractivity contribution in [3.63, 3.8) is 0 Å². The molecule has 9 aromatic rings. The second kappa shape index (κ2) is 13.9. The maximum atomic E-state index is 5.40. The Morgan fingerprint density at radius 2 is 0.855 bits per heavy atom. The van der Waals surface area contributed by atoms with E-state index < -0.39 is 6.17 Å². The average molecular weight is 705 g/mol. The topological polar surface area (TPSA) is 41.7 Å². The summed E-state index contributed by atoms with van der Waals surface area (Å²) in [4.78, 5) is 10.8. The summed E-state index contributed by atoms with van der Waals surface area (Å²) in [5, 5.41) is 6.04. The monoisotopic (exact) mass is 704 g/mol. The minimum Gasteiger partial charge on any atom is -0.324 e. The summed E-state index contributed by atoms with van der Waals surface area (Å²) in [5.74, 6) is 1.57. The zero-order valence-corrected chi connectivity index (χ0v) is 30.0. The number of nitrogens with zero attached hydrogens (tertiary/aromatic N) is 3. The fourth-order valence-corrected chi connectivity index (χ4v) is 7.83. The third-order valence-corrected chi connectivity index (χ3v) is 10.5. The molecule has 1 aliphatic heterocycles. The molecule has 0 fully saturated rings. The predicted molar refractivity (Wildman–Crippen MR) is 229 cm³/mol. The molecule has 1 atom stereocenters. The van der Waals surface area contributed by atoms with Crippen molar-refractivity contribution < 1.29 is 0 Å². The van der Waals surface area contributed by atoms with E-state index in [1.165, 1.54) is 27.5 Å². The molecule has 0 saturated carbocycles. The number of aromatic nitrogens is 1. The van der Waals surface area contributed by atoms with Crippen LogP contribution in [0.2, 0.25) is 0 Å². The van der Waals surface area contributed by atoms with Crippen molar-refractivity contribution in [3.8, 4) is 39.1 Å². The van der Waals surface area contributed by atoms with Gasteiger partial charge in [-0.3, -0.25) is 0 Å². The highest BCUT2D eigenvalue weighted by atomic mass is 15.2. The van der Waals surface area contributed by atoms with E-state index >= 15 is 0 Å². The van der Waals surface area contributed by atoms with E-state index in [0.29, 0.717) is 0 Å². The van der Waals surface area contributed by atoms with Gasteiger partial charge in [-0.1, -0.05) is 188 Å².